The first-order valence-electron chi connectivity index (χ1n) is 9.26. The fourth-order valence-electron chi connectivity index (χ4n) is 2.58. The molecule has 0 spiro atoms. The number of carbonyl (C=O) groups is 2. The Morgan fingerprint density at radius 1 is 1.00 bits per heavy atom. The van der Waals surface area contributed by atoms with Gasteiger partial charge in [0, 0.05) is 23.4 Å². The predicted octanol–water partition coefficient (Wildman–Crippen LogP) is 4.30. The van der Waals surface area contributed by atoms with Crippen LogP contribution in [0.1, 0.15) is 30.6 Å². The zero-order valence-electron chi connectivity index (χ0n) is 16.0. The van der Waals surface area contributed by atoms with Gasteiger partial charge in [0.15, 0.2) is 11.5 Å². The smallest absolute Gasteiger partial charge is 0.411 e. The molecule has 0 bridgehead atoms. The molecule has 3 rings (SSSR count). The summed E-state index contributed by atoms with van der Waals surface area (Å²) in [5.74, 6) is 1.18. The van der Waals surface area contributed by atoms with E-state index in [1.54, 1.807) is 42.5 Å². The first-order valence-corrected chi connectivity index (χ1v) is 9.26. The van der Waals surface area contributed by atoms with Crippen LogP contribution in [0.5, 0.6) is 11.5 Å². The molecule has 1 aliphatic heterocycles. The monoisotopic (exact) mass is 384 g/mol. The van der Waals surface area contributed by atoms with Gasteiger partial charge in [-0.25, -0.2) is 4.79 Å². The Morgan fingerprint density at radius 3 is 2.46 bits per heavy atom. The number of nitrogens with one attached hydrogen (secondary N) is 2. The first kappa shape index (κ1) is 19.5. The van der Waals surface area contributed by atoms with E-state index in [-0.39, 0.29) is 11.8 Å². The van der Waals surface area contributed by atoms with Crippen LogP contribution in [0, 0.1) is 5.92 Å². The Morgan fingerprint density at radius 2 is 1.71 bits per heavy atom. The van der Waals surface area contributed by atoms with Crippen molar-refractivity contribution in [2.24, 2.45) is 5.92 Å². The van der Waals surface area contributed by atoms with Gasteiger partial charge in [0.2, 0.25) is 0 Å². The highest BCUT2D eigenvalue weighted by molar-refractivity contribution is 6.05. The van der Waals surface area contributed by atoms with Crippen molar-refractivity contribution < 1.29 is 23.8 Å². The van der Waals surface area contributed by atoms with Gasteiger partial charge in [0.25, 0.3) is 5.91 Å². The summed E-state index contributed by atoms with van der Waals surface area (Å²) in [5, 5.41) is 5.47. The molecule has 2 amide bonds. The highest BCUT2D eigenvalue weighted by atomic mass is 16.5. The van der Waals surface area contributed by atoms with Gasteiger partial charge in [0.05, 0.1) is 19.8 Å². The van der Waals surface area contributed by atoms with Crippen LogP contribution in [0.15, 0.2) is 42.5 Å². The zero-order valence-corrected chi connectivity index (χ0v) is 16.0. The lowest BCUT2D eigenvalue weighted by Gasteiger charge is -2.11. The summed E-state index contributed by atoms with van der Waals surface area (Å²) < 4.78 is 16.3. The van der Waals surface area contributed by atoms with Crippen molar-refractivity contribution in [3.63, 3.8) is 0 Å². The Bertz CT molecular complexity index is 850. The Hall–Kier alpha value is -3.22. The van der Waals surface area contributed by atoms with Crippen LogP contribution in [0.3, 0.4) is 0 Å². The number of hydrogen-bond donors (Lipinski definition) is 2. The summed E-state index contributed by atoms with van der Waals surface area (Å²) in [5.41, 5.74) is 1.54. The zero-order chi connectivity index (χ0) is 19.9. The van der Waals surface area contributed by atoms with E-state index in [2.05, 4.69) is 10.6 Å². The molecule has 0 atom stereocenters. The van der Waals surface area contributed by atoms with Crippen LogP contribution in [-0.4, -0.2) is 31.8 Å². The van der Waals surface area contributed by atoms with E-state index in [1.165, 1.54) is 0 Å². The van der Waals surface area contributed by atoms with E-state index in [9.17, 15) is 9.59 Å². The molecule has 7 nitrogen and oxygen atoms in total. The van der Waals surface area contributed by atoms with Gasteiger partial charge in [-0.05, 0) is 42.3 Å². The summed E-state index contributed by atoms with van der Waals surface area (Å²) in [6.45, 7) is 5.41. The molecule has 2 aromatic carbocycles. The van der Waals surface area contributed by atoms with Crippen LogP contribution in [0.25, 0.3) is 0 Å². The number of ether oxygens (including phenoxy) is 3. The van der Waals surface area contributed by atoms with Crippen molar-refractivity contribution >= 4 is 23.4 Å². The van der Waals surface area contributed by atoms with Gasteiger partial charge in [-0.15, -0.1) is 0 Å². The minimum Gasteiger partial charge on any atom is -0.490 e. The van der Waals surface area contributed by atoms with Crippen LogP contribution in [0.2, 0.25) is 0 Å². The highest BCUT2D eigenvalue weighted by Gasteiger charge is 2.14. The molecular weight excluding hydrogens is 360 g/mol. The summed E-state index contributed by atoms with van der Waals surface area (Å²) in [4.78, 5) is 24.4. The number of benzene rings is 2. The van der Waals surface area contributed by atoms with Gasteiger partial charge < -0.3 is 19.5 Å². The normalized spacial score (nSPS) is 12.8. The Balaban J connectivity index is 1.64. The number of amides is 2. The Labute approximate surface area is 164 Å². The lowest BCUT2D eigenvalue weighted by atomic mass is 10.1. The SMILES string of the molecule is CC(C)COC(=O)Nc1cccc(NC(=O)c2ccc3c(c2)OCCCO3)c1. The average molecular weight is 384 g/mol. The maximum absolute atomic E-state index is 12.6. The van der Waals surface area contributed by atoms with Gasteiger partial charge in [0.1, 0.15) is 0 Å². The molecule has 2 aromatic rings. The number of hydrogen-bond acceptors (Lipinski definition) is 5. The summed E-state index contributed by atoms with van der Waals surface area (Å²) in [7, 11) is 0. The van der Waals surface area contributed by atoms with E-state index in [0.29, 0.717) is 48.3 Å². The van der Waals surface area contributed by atoms with Crippen molar-refractivity contribution in [2.75, 3.05) is 30.5 Å². The molecule has 28 heavy (non-hydrogen) atoms. The van der Waals surface area contributed by atoms with E-state index < -0.39 is 6.09 Å². The molecule has 0 fully saturated rings. The van der Waals surface area contributed by atoms with Crippen LogP contribution in [0.4, 0.5) is 16.2 Å². The van der Waals surface area contributed by atoms with Gasteiger partial charge >= 0.3 is 6.09 Å². The number of rotatable bonds is 5. The van der Waals surface area contributed by atoms with Gasteiger partial charge in [-0.1, -0.05) is 19.9 Å². The molecule has 0 unspecified atom stereocenters. The highest BCUT2D eigenvalue weighted by Crippen LogP contribution is 2.30. The standard InChI is InChI=1S/C21H24N2O5/c1-14(2)13-28-21(25)23-17-6-3-5-16(12-17)22-20(24)15-7-8-18-19(11-15)27-10-4-9-26-18/h3,5-8,11-12,14H,4,9-10,13H2,1-2H3,(H,22,24)(H,23,25). The van der Waals surface area contributed by atoms with E-state index in [0.717, 1.165) is 6.42 Å². The molecule has 2 N–H and O–H groups in total. The summed E-state index contributed by atoms with van der Waals surface area (Å²) >= 11 is 0. The van der Waals surface area contributed by atoms with E-state index in [1.807, 2.05) is 13.8 Å². The Kier molecular flexibility index (Phi) is 6.37. The van der Waals surface area contributed by atoms with Crippen molar-refractivity contribution in [1.29, 1.82) is 0 Å². The third kappa shape index (κ3) is 5.39. The summed E-state index contributed by atoms with van der Waals surface area (Å²) in [6.07, 6.45) is 0.273. The maximum Gasteiger partial charge on any atom is 0.411 e. The second-order valence-electron chi connectivity index (χ2n) is 6.86. The third-order valence-corrected chi connectivity index (χ3v) is 3.92. The molecule has 0 radical (unpaired) electrons. The van der Waals surface area contributed by atoms with Gasteiger partial charge in [-0.3, -0.25) is 10.1 Å². The van der Waals surface area contributed by atoms with Crippen molar-refractivity contribution in [1.82, 2.24) is 0 Å². The molecule has 148 valence electrons. The molecular formula is C21H24N2O5. The van der Waals surface area contributed by atoms with Crippen molar-refractivity contribution in [3.8, 4) is 11.5 Å². The quantitative estimate of drug-likeness (QED) is 0.802. The van der Waals surface area contributed by atoms with Crippen LogP contribution < -0.4 is 20.1 Å². The number of anilines is 2. The predicted molar refractivity (Wildman–Crippen MR) is 106 cm³/mol. The molecule has 0 aliphatic carbocycles. The molecule has 1 heterocycles. The maximum atomic E-state index is 12.6. The lowest BCUT2D eigenvalue weighted by Crippen LogP contribution is -2.17. The number of carbonyl (C=O) groups excluding carboxylic acids is 2. The van der Waals surface area contributed by atoms with E-state index >= 15 is 0 Å². The average Bonchev–Trinajstić information content (AvgIpc) is 2.91. The molecule has 7 heteroatoms. The second kappa shape index (κ2) is 9.12. The fraction of sp³-hybridized carbons (Fsp3) is 0.333. The van der Waals surface area contributed by atoms with Crippen LogP contribution in [-0.2, 0) is 4.74 Å². The van der Waals surface area contributed by atoms with E-state index in [4.69, 9.17) is 14.2 Å². The van der Waals surface area contributed by atoms with Gasteiger partial charge in [-0.2, -0.15) is 0 Å². The second-order valence-corrected chi connectivity index (χ2v) is 6.86. The molecule has 0 saturated carbocycles. The minimum atomic E-state index is -0.528. The lowest BCUT2D eigenvalue weighted by molar-refractivity contribution is 0.102. The van der Waals surface area contributed by atoms with Crippen molar-refractivity contribution in [2.45, 2.75) is 20.3 Å². The minimum absolute atomic E-state index is 0.256. The summed E-state index contributed by atoms with van der Waals surface area (Å²) in [6, 6.07) is 12.0. The molecule has 0 saturated heterocycles. The topological polar surface area (TPSA) is 85.9 Å². The largest absolute Gasteiger partial charge is 0.490 e. The molecule has 1 aliphatic rings. The third-order valence-electron chi connectivity index (χ3n) is 3.92. The first-order chi connectivity index (χ1) is 13.5. The number of fused-ring (bicyclic) bond motifs is 1. The fourth-order valence-corrected chi connectivity index (χ4v) is 2.58. The van der Waals surface area contributed by atoms with Crippen molar-refractivity contribution in [3.05, 3.63) is 48.0 Å². The van der Waals surface area contributed by atoms with Crippen LogP contribution >= 0.6 is 0 Å². The molecule has 0 aromatic heterocycles.